The Morgan fingerprint density at radius 2 is 1.95 bits per heavy atom. The molecule has 1 aromatic carbocycles. The number of anilines is 1. The molecule has 0 fully saturated rings. The zero-order valence-corrected chi connectivity index (χ0v) is 12.0. The van der Waals surface area contributed by atoms with Crippen molar-refractivity contribution in [2.24, 2.45) is 0 Å². The van der Waals surface area contributed by atoms with Crippen molar-refractivity contribution in [2.45, 2.75) is 45.6 Å². The number of hydrogen-bond donors (Lipinski definition) is 2. The molecule has 1 atom stereocenters. The smallest absolute Gasteiger partial charge is 0.319 e. The van der Waals surface area contributed by atoms with Gasteiger partial charge in [-0.05, 0) is 37.6 Å². The summed E-state index contributed by atoms with van der Waals surface area (Å²) in [5.74, 6) is 0.777. The lowest BCUT2D eigenvalue weighted by Crippen LogP contribution is -2.36. The van der Waals surface area contributed by atoms with Gasteiger partial charge in [-0.15, -0.1) is 0 Å². The molecule has 4 heteroatoms. The molecule has 0 spiro atoms. The molecular formula is C15H24N2O2. The van der Waals surface area contributed by atoms with Gasteiger partial charge >= 0.3 is 6.03 Å². The molecule has 1 aromatic rings. The Labute approximate surface area is 115 Å². The number of nitrogens with one attached hydrogen (secondary N) is 2. The summed E-state index contributed by atoms with van der Waals surface area (Å²) in [4.78, 5) is 11.8. The van der Waals surface area contributed by atoms with E-state index < -0.39 is 0 Å². The van der Waals surface area contributed by atoms with E-state index in [0.717, 1.165) is 24.3 Å². The van der Waals surface area contributed by atoms with E-state index in [0.29, 0.717) is 0 Å². The molecule has 106 valence electrons. The highest BCUT2D eigenvalue weighted by atomic mass is 16.5. The van der Waals surface area contributed by atoms with Crippen LogP contribution < -0.4 is 15.4 Å². The first kappa shape index (κ1) is 15.3. The van der Waals surface area contributed by atoms with Gasteiger partial charge in [-0.2, -0.15) is 0 Å². The number of ether oxygens (including phenoxy) is 1. The number of urea groups is 1. The molecule has 0 aromatic heterocycles. The van der Waals surface area contributed by atoms with Crippen LogP contribution in [0.1, 0.15) is 39.5 Å². The predicted octanol–water partition coefficient (Wildman–Crippen LogP) is 3.79. The van der Waals surface area contributed by atoms with Crippen molar-refractivity contribution in [2.75, 3.05) is 12.4 Å². The summed E-state index contributed by atoms with van der Waals surface area (Å²) in [6, 6.07) is 7.32. The van der Waals surface area contributed by atoms with Gasteiger partial charge in [-0.1, -0.05) is 26.2 Å². The molecule has 4 nitrogen and oxygen atoms in total. The molecule has 0 saturated heterocycles. The third-order valence-corrected chi connectivity index (χ3v) is 2.97. The summed E-state index contributed by atoms with van der Waals surface area (Å²) in [5.41, 5.74) is 0.763. The van der Waals surface area contributed by atoms with Crippen LogP contribution >= 0.6 is 0 Å². The number of hydrogen-bond acceptors (Lipinski definition) is 2. The van der Waals surface area contributed by atoms with E-state index in [1.165, 1.54) is 12.8 Å². The van der Waals surface area contributed by atoms with Gasteiger partial charge in [0.1, 0.15) is 5.75 Å². The van der Waals surface area contributed by atoms with Crippen molar-refractivity contribution in [1.82, 2.24) is 5.32 Å². The van der Waals surface area contributed by atoms with Crippen molar-refractivity contribution >= 4 is 11.7 Å². The van der Waals surface area contributed by atoms with Gasteiger partial charge in [0.05, 0.1) is 7.11 Å². The first-order valence-electron chi connectivity index (χ1n) is 6.87. The molecule has 0 heterocycles. The normalized spacial score (nSPS) is 11.7. The fourth-order valence-electron chi connectivity index (χ4n) is 1.84. The maximum absolute atomic E-state index is 11.8. The van der Waals surface area contributed by atoms with Crippen molar-refractivity contribution in [3.05, 3.63) is 24.3 Å². The molecule has 1 unspecified atom stereocenters. The van der Waals surface area contributed by atoms with Crippen LogP contribution in [0.25, 0.3) is 0 Å². The van der Waals surface area contributed by atoms with E-state index in [2.05, 4.69) is 17.6 Å². The van der Waals surface area contributed by atoms with Crippen LogP contribution in [-0.4, -0.2) is 19.2 Å². The highest BCUT2D eigenvalue weighted by Gasteiger charge is 2.06. The summed E-state index contributed by atoms with van der Waals surface area (Å²) >= 11 is 0. The Morgan fingerprint density at radius 1 is 1.26 bits per heavy atom. The SMILES string of the molecule is CCCCCC(C)NC(=O)Nc1ccc(OC)cc1. The first-order chi connectivity index (χ1) is 9.15. The van der Waals surface area contributed by atoms with E-state index in [1.807, 2.05) is 31.2 Å². The average molecular weight is 264 g/mol. The fourth-order valence-corrected chi connectivity index (χ4v) is 1.84. The van der Waals surface area contributed by atoms with Crippen LogP contribution in [0, 0.1) is 0 Å². The molecule has 19 heavy (non-hydrogen) atoms. The second kappa shape index (κ2) is 8.40. The minimum Gasteiger partial charge on any atom is -0.497 e. The van der Waals surface area contributed by atoms with Crippen LogP contribution in [0.4, 0.5) is 10.5 Å². The zero-order chi connectivity index (χ0) is 14.1. The summed E-state index contributed by atoms with van der Waals surface area (Å²) in [6.45, 7) is 4.21. The minimum absolute atomic E-state index is 0.158. The van der Waals surface area contributed by atoms with E-state index in [9.17, 15) is 4.79 Å². The minimum atomic E-state index is -0.158. The molecule has 2 N–H and O–H groups in total. The first-order valence-corrected chi connectivity index (χ1v) is 6.87. The lowest BCUT2D eigenvalue weighted by molar-refractivity contribution is 0.248. The number of carbonyl (C=O) groups is 1. The van der Waals surface area contributed by atoms with Gasteiger partial charge in [-0.3, -0.25) is 0 Å². The molecular weight excluding hydrogens is 240 g/mol. The maximum Gasteiger partial charge on any atom is 0.319 e. The number of methoxy groups -OCH3 is 1. The monoisotopic (exact) mass is 264 g/mol. The second-order valence-corrected chi connectivity index (χ2v) is 4.72. The Kier molecular flexibility index (Phi) is 6.79. The third kappa shape index (κ3) is 6.13. The Morgan fingerprint density at radius 3 is 2.53 bits per heavy atom. The lowest BCUT2D eigenvalue weighted by atomic mass is 10.1. The number of benzene rings is 1. The Hall–Kier alpha value is -1.71. The molecule has 0 radical (unpaired) electrons. The largest absolute Gasteiger partial charge is 0.497 e. The number of amides is 2. The fraction of sp³-hybridized carbons (Fsp3) is 0.533. The predicted molar refractivity (Wildman–Crippen MR) is 78.8 cm³/mol. The van der Waals surface area contributed by atoms with Crippen LogP contribution in [0.15, 0.2) is 24.3 Å². The molecule has 0 saturated carbocycles. The van der Waals surface area contributed by atoms with Crippen molar-refractivity contribution < 1.29 is 9.53 Å². The summed E-state index contributed by atoms with van der Waals surface area (Å²) in [6.07, 6.45) is 4.58. The van der Waals surface area contributed by atoms with E-state index >= 15 is 0 Å². The summed E-state index contributed by atoms with van der Waals surface area (Å²) < 4.78 is 5.07. The Bertz CT molecular complexity index is 376. The van der Waals surface area contributed by atoms with Crippen molar-refractivity contribution in [3.8, 4) is 5.75 Å². The Balaban J connectivity index is 2.33. The molecule has 1 rings (SSSR count). The standard InChI is InChI=1S/C15H24N2O2/c1-4-5-6-7-12(2)16-15(18)17-13-8-10-14(19-3)11-9-13/h8-12H,4-7H2,1-3H3,(H2,16,17,18). The van der Waals surface area contributed by atoms with Gasteiger partial charge in [0.2, 0.25) is 0 Å². The third-order valence-electron chi connectivity index (χ3n) is 2.97. The molecule has 0 bridgehead atoms. The molecule has 0 aliphatic rings. The summed E-state index contributed by atoms with van der Waals surface area (Å²) in [7, 11) is 1.62. The average Bonchev–Trinajstić information content (AvgIpc) is 2.39. The highest BCUT2D eigenvalue weighted by Crippen LogP contribution is 2.14. The molecule has 2 amide bonds. The van der Waals surface area contributed by atoms with Gasteiger partial charge < -0.3 is 15.4 Å². The van der Waals surface area contributed by atoms with Crippen LogP contribution in [0.2, 0.25) is 0 Å². The molecule has 0 aliphatic heterocycles. The maximum atomic E-state index is 11.8. The lowest BCUT2D eigenvalue weighted by Gasteiger charge is -2.14. The van der Waals surface area contributed by atoms with Gasteiger partial charge in [0, 0.05) is 11.7 Å². The van der Waals surface area contributed by atoms with Crippen molar-refractivity contribution in [3.63, 3.8) is 0 Å². The van der Waals surface area contributed by atoms with Crippen LogP contribution in [0.5, 0.6) is 5.75 Å². The quantitative estimate of drug-likeness (QED) is 0.736. The van der Waals surface area contributed by atoms with Gasteiger partial charge in [0.25, 0.3) is 0 Å². The molecule has 0 aliphatic carbocycles. The topological polar surface area (TPSA) is 50.4 Å². The number of rotatable bonds is 7. The van der Waals surface area contributed by atoms with Crippen LogP contribution in [-0.2, 0) is 0 Å². The van der Waals surface area contributed by atoms with Gasteiger partial charge in [-0.25, -0.2) is 4.79 Å². The van der Waals surface area contributed by atoms with E-state index in [-0.39, 0.29) is 12.1 Å². The zero-order valence-electron chi connectivity index (χ0n) is 12.0. The number of carbonyl (C=O) groups excluding carboxylic acids is 1. The van der Waals surface area contributed by atoms with Crippen LogP contribution in [0.3, 0.4) is 0 Å². The van der Waals surface area contributed by atoms with E-state index in [4.69, 9.17) is 4.74 Å². The van der Waals surface area contributed by atoms with E-state index in [1.54, 1.807) is 7.11 Å². The highest BCUT2D eigenvalue weighted by molar-refractivity contribution is 5.89. The summed E-state index contributed by atoms with van der Waals surface area (Å²) in [5, 5.41) is 5.74. The number of unbranched alkanes of at least 4 members (excludes halogenated alkanes) is 2. The van der Waals surface area contributed by atoms with Gasteiger partial charge in [0.15, 0.2) is 0 Å². The second-order valence-electron chi connectivity index (χ2n) is 4.72. The van der Waals surface area contributed by atoms with Crippen molar-refractivity contribution in [1.29, 1.82) is 0 Å².